The fraction of sp³-hybridized carbons (Fsp3) is 0.833. The lowest BCUT2D eigenvalue weighted by molar-refractivity contribution is -0.213. The number of halogens is 2. The van der Waals surface area contributed by atoms with E-state index in [1.807, 2.05) is 0 Å². The number of carbonyl (C=O) groups is 1. The van der Waals surface area contributed by atoms with Crippen LogP contribution in [-0.2, 0) is 14.3 Å². The van der Waals surface area contributed by atoms with Crippen LogP contribution in [0.1, 0.15) is 77.6 Å². The summed E-state index contributed by atoms with van der Waals surface area (Å²) in [7, 11) is 0. The van der Waals surface area contributed by atoms with Gasteiger partial charge in [-0.05, 0) is 25.7 Å². The molecule has 1 fully saturated rings. The maximum atomic E-state index is 12.0. The van der Waals surface area contributed by atoms with Crippen LogP contribution < -0.4 is 0 Å². The fourth-order valence-electron chi connectivity index (χ4n) is 3.33. The van der Waals surface area contributed by atoms with Gasteiger partial charge < -0.3 is 9.47 Å². The predicted molar refractivity (Wildman–Crippen MR) is 93.8 cm³/mol. The minimum Gasteiger partial charge on any atom is -0.353 e. The molecule has 0 radical (unpaired) electrons. The normalized spacial score (nSPS) is 28.7. The van der Waals surface area contributed by atoms with E-state index in [1.54, 1.807) is 0 Å². The molecule has 3 nitrogen and oxygen atoms in total. The highest BCUT2D eigenvalue weighted by Gasteiger charge is 2.47. The van der Waals surface area contributed by atoms with E-state index >= 15 is 0 Å². The van der Waals surface area contributed by atoms with Gasteiger partial charge in [-0.1, -0.05) is 68.7 Å². The van der Waals surface area contributed by atoms with Gasteiger partial charge >= 0.3 is 0 Å². The number of carbonyl (C=O) groups excluding carboxylic acids is 1. The molecule has 0 N–H and O–H groups in total. The standard InChI is InChI=1S/C18H28Cl2O3/c1-2-3-4-5-6-8-11-18(13-14(21)16(19)17(18)20)23-15-10-7-9-12-22-15/h15H,2-13H2,1H3. The van der Waals surface area contributed by atoms with E-state index in [0.717, 1.165) is 38.5 Å². The molecule has 2 rings (SSSR count). The van der Waals surface area contributed by atoms with E-state index in [1.165, 1.54) is 25.7 Å². The maximum Gasteiger partial charge on any atom is 0.178 e. The molecule has 0 aromatic heterocycles. The lowest BCUT2D eigenvalue weighted by Crippen LogP contribution is -2.38. The summed E-state index contributed by atoms with van der Waals surface area (Å²) >= 11 is 12.5. The van der Waals surface area contributed by atoms with E-state index in [-0.39, 0.29) is 23.5 Å². The molecule has 2 unspecified atom stereocenters. The summed E-state index contributed by atoms with van der Waals surface area (Å²) in [6.45, 7) is 2.92. The van der Waals surface area contributed by atoms with Crippen LogP contribution in [0.2, 0.25) is 0 Å². The average molecular weight is 363 g/mol. The van der Waals surface area contributed by atoms with Gasteiger partial charge in [-0.2, -0.15) is 0 Å². The molecule has 0 amide bonds. The molecule has 1 heterocycles. The van der Waals surface area contributed by atoms with Crippen LogP contribution in [0.4, 0.5) is 0 Å². The minimum atomic E-state index is -0.761. The Kier molecular flexibility index (Phi) is 7.87. The van der Waals surface area contributed by atoms with E-state index in [2.05, 4.69) is 6.92 Å². The third kappa shape index (κ3) is 5.19. The summed E-state index contributed by atoms with van der Waals surface area (Å²) < 4.78 is 11.9. The second kappa shape index (κ2) is 9.41. The zero-order valence-corrected chi connectivity index (χ0v) is 15.6. The highest BCUT2D eigenvalue weighted by molar-refractivity contribution is 6.50. The number of hydrogen-bond donors (Lipinski definition) is 0. The van der Waals surface area contributed by atoms with E-state index in [4.69, 9.17) is 32.7 Å². The minimum absolute atomic E-state index is 0.113. The molecule has 0 aromatic rings. The Balaban J connectivity index is 1.94. The smallest absolute Gasteiger partial charge is 0.178 e. The van der Waals surface area contributed by atoms with Crippen LogP contribution in [0.5, 0.6) is 0 Å². The maximum absolute atomic E-state index is 12.0. The van der Waals surface area contributed by atoms with Gasteiger partial charge in [-0.25, -0.2) is 0 Å². The first-order valence-corrected chi connectivity index (χ1v) is 9.73. The van der Waals surface area contributed by atoms with Crippen molar-refractivity contribution in [2.45, 2.75) is 89.4 Å². The second-order valence-electron chi connectivity index (χ2n) is 6.65. The molecule has 0 spiro atoms. The van der Waals surface area contributed by atoms with Gasteiger partial charge in [-0.15, -0.1) is 0 Å². The number of Topliss-reactive ketones (excluding diaryl/α,β-unsaturated/α-hetero) is 1. The SMILES string of the molecule is CCCCCCCCC1(OC2CCCCO2)CC(=O)C(Cl)=C1Cl. The van der Waals surface area contributed by atoms with Crippen molar-refractivity contribution in [3.05, 3.63) is 10.1 Å². The fourth-order valence-corrected chi connectivity index (χ4v) is 3.88. The molecular weight excluding hydrogens is 335 g/mol. The second-order valence-corrected chi connectivity index (χ2v) is 7.41. The van der Waals surface area contributed by atoms with Gasteiger partial charge in [0.2, 0.25) is 0 Å². The topological polar surface area (TPSA) is 35.5 Å². The van der Waals surface area contributed by atoms with Crippen LogP contribution in [0.25, 0.3) is 0 Å². The Labute approximate surface area is 149 Å². The molecule has 1 aliphatic heterocycles. The van der Waals surface area contributed by atoms with Crippen molar-refractivity contribution in [2.75, 3.05) is 6.61 Å². The summed E-state index contributed by atoms with van der Waals surface area (Å²) in [5.41, 5.74) is -0.761. The van der Waals surface area contributed by atoms with Gasteiger partial charge in [0.15, 0.2) is 12.1 Å². The van der Waals surface area contributed by atoms with Crippen LogP contribution in [0.3, 0.4) is 0 Å². The third-order valence-electron chi connectivity index (χ3n) is 4.71. The molecule has 5 heteroatoms. The Morgan fingerprint density at radius 1 is 1.17 bits per heavy atom. The monoisotopic (exact) mass is 362 g/mol. The summed E-state index contributed by atoms with van der Waals surface area (Å²) in [5.74, 6) is -0.113. The van der Waals surface area contributed by atoms with Crippen LogP contribution >= 0.6 is 23.2 Å². The molecule has 1 aliphatic carbocycles. The van der Waals surface area contributed by atoms with Crippen molar-refractivity contribution in [1.82, 2.24) is 0 Å². The van der Waals surface area contributed by atoms with Crippen molar-refractivity contribution in [3.63, 3.8) is 0 Å². The Hall–Kier alpha value is -0.0900. The number of allylic oxidation sites excluding steroid dienone is 1. The molecular formula is C18H28Cl2O3. The molecule has 1 saturated heterocycles. The van der Waals surface area contributed by atoms with Crippen LogP contribution in [0.15, 0.2) is 10.1 Å². The summed E-state index contributed by atoms with van der Waals surface area (Å²) in [6.07, 6.45) is 10.8. The number of ether oxygens (including phenoxy) is 2. The van der Waals surface area contributed by atoms with E-state index < -0.39 is 5.60 Å². The first kappa shape index (κ1) is 19.2. The van der Waals surface area contributed by atoms with Crippen molar-refractivity contribution in [1.29, 1.82) is 0 Å². The quantitative estimate of drug-likeness (QED) is 0.494. The first-order valence-electron chi connectivity index (χ1n) is 8.97. The molecule has 2 atom stereocenters. The molecule has 132 valence electrons. The van der Waals surface area contributed by atoms with Gasteiger partial charge in [-0.3, -0.25) is 4.79 Å². The largest absolute Gasteiger partial charge is 0.353 e. The molecule has 0 bridgehead atoms. The number of rotatable bonds is 9. The molecule has 23 heavy (non-hydrogen) atoms. The number of unbranched alkanes of at least 4 members (excludes halogenated alkanes) is 5. The van der Waals surface area contributed by atoms with Gasteiger partial charge in [0, 0.05) is 13.0 Å². The van der Waals surface area contributed by atoms with Crippen molar-refractivity contribution >= 4 is 29.0 Å². The average Bonchev–Trinajstić information content (AvgIpc) is 2.76. The van der Waals surface area contributed by atoms with E-state index in [0.29, 0.717) is 11.6 Å². The summed E-state index contributed by atoms with van der Waals surface area (Å²) in [4.78, 5) is 12.0. The Morgan fingerprint density at radius 3 is 2.52 bits per heavy atom. The van der Waals surface area contributed by atoms with Gasteiger partial charge in [0.25, 0.3) is 0 Å². The summed E-state index contributed by atoms with van der Waals surface area (Å²) in [6, 6.07) is 0. The Bertz CT molecular complexity index is 430. The lowest BCUT2D eigenvalue weighted by Gasteiger charge is -2.35. The lowest BCUT2D eigenvalue weighted by atomic mass is 9.94. The highest BCUT2D eigenvalue weighted by atomic mass is 35.5. The van der Waals surface area contributed by atoms with Gasteiger partial charge in [0.05, 0.1) is 5.03 Å². The van der Waals surface area contributed by atoms with Crippen molar-refractivity contribution < 1.29 is 14.3 Å². The first-order chi connectivity index (χ1) is 11.1. The molecule has 0 saturated carbocycles. The Morgan fingerprint density at radius 2 is 1.91 bits per heavy atom. The molecule has 0 aromatic carbocycles. The zero-order valence-electron chi connectivity index (χ0n) is 14.0. The summed E-state index contributed by atoms with van der Waals surface area (Å²) in [5, 5.41) is 0.528. The van der Waals surface area contributed by atoms with Crippen LogP contribution in [0, 0.1) is 0 Å². The predicted octanol–water partition coefficient (Wildman–Crippen LogP) is 5.68. The van der Waals surface area contributed by atoms with Gasteiger partial charge in [0.1, 0.15) is 10.6 Å². The number of ketones is 1. The van der Waals surface area contributed by atoms with Crippen LogP contribution in [-0.4, -0.2) is 24.3 Å². The highest BCUT2D eigenvalue weighted by Crippen LogP contribution is 2.45. The third-order valence-corrected chi connectivity index (χ3v) is 5.74. The zero-order chi connectivity index (χ0) is 16.7. The van der Waals surface area contributed by atoms with Crippen molar-refractivity contribution in [3.8, 4) is 0 Å². The van der Waals surface area contributed by atoms with E-state index in [9.17, 15) is 4.79 Å². The van der Waals surface area contributed by atoms with Crippen molar-refractivity contribution in [2.24, 2.45) is 0 Å². The molecule has 2 aliphatic rings. The number of hydrogen-bond acceptors (Lipinski definition) is 3.